The summed E-state index contributed by atoms with van der Waals surface area (Å²) < 4.78 is 0. The monoisotopic (exact) mass is 156 g/mol. The Balaban J connectivity index is 3.57. The summed E-state index contributed by atoms with van der Waals surface area (Å²) >= 11 is 0. The number of hydrogen-bond acceptors (Lipinski definition) is 2. The molecule has 3 nitrogen and oxygen atoms in total. The minimum Gasteiger partial charge on any atom is -0.366 e. The lowest BCUT2D eigenvalue weighted by Crippen LogP contribution is -2.23. The number of nitrogens with two attached hydrogens (primary N) is 1. The van der Waals surface area contributed by atoms with Gasteiger partial charge in [0.15, 0.2) is 0 Å². The number of likely N-dealkylation sites (N-methyl/N-ethyl adjacent to an activating group) is 1. The largest absolute Gasteiger partial charge is 0.366 e. The van der Waals surface area contributed by atoms with Gasteiger partial charge in [-0.2, -0.15) is 0 Å². The lowest BCUT2D eigenvalue weighted by molar-refractivity contribution is -0.113. The Bertz CT molecular complexity index is 139. The first-order valence-electron chi connectivity index (χ1n) is 3.89. The van der Waals surface area contributed by atoms with E-state index in [1.54, 1.807) is 6.08 Å². The van der Waals surface area contributed by atoms with E-state index in [1.807, 2.05) is 0 Å². The summed E-state index contributed by atoms with van der Waals surface area (Å²) in [6, 6.07) is 0. The summed E-state index contributed by atoms with van der Waals surface area (Å²) in [5, 5.41) is 0. The summed E-state index contributed by atoms with van der Waals surface area (Å²) in [6.07, 6.45) is 3.19. The van der Waals surface area contributed by atoms with E-state index in [2.05, 4.69) is 18.7 Å². The molecule has 0 unspecified atom stereocenters. The molecule has 11 heavy (non-hydrogen) atoms. The van der Waals surface area contributed by atoms with Gasteiger partial charge in [0.2, 0.25) is 5.91 Å². The summed E-state index contributed by atoms with van der Waals surface area (Å²) in [5.74, 6) is -0.378. The van der Waals surface area contributed by atoms with E-state index in [-0.39, 0.29) is 5.91 Å². The van der Waals surface area contributed by atoms with Crippen LogP contribution in [0.3, 0.4) is 0 Å². The Labute approximate surface area is 67.9 Å². The average Bonchev–Trinajstić information content (AvgIpc) is 1.98. The number of hydrogen-bond donors (Lipinski definition) is 1. The van der Waals surface area contributed by atoms with Gasteiger partial charge >= 0.3 is 0 Å². The van der Waals surface area contributed by atoms with E-state index >= 15 is 0 Å². The molecule has 0 radical (unpaired) electrons. The summed E-state index contributed by atoms with van der Waals surface area (Å²) in [5.41, 5.74) is 4.92. The zero-order valence-electron chi connectivity index (χ0n) is 7.21. The highest BCUT2D eigenvalue weighted by molar-refractivity contribution is 5.85. The molecule has 0 aliphatic heterocycles. The van der Waals surface area contributed by atoms with E-state index in [0.29, 0.717) is 0 Å². The number of nitrogens with zero attached hydrogens (tertiary/aromatic N) is 1. The van der Waals surface area contributed by atoms with Crippen molar-refractivity contribution in [3.8, 4) is 0 Å². The van der Waals surface area contributed by atoms with E-state index in [4.69, 9.17) is 5.73 Å². The molecule has 0 heterocycles. The van der Waals surface area contributed by atoms with Gasteiger partial charge in [0.05, 0.1) is 0 Å². The molecule has 0 atom stereocenters. The quantitative estimate of drug-likeness (QED) is 0.584. The van der Waals surface area contributed by atoms with Crippen molar-refractivity contribution in [2.45, 2.75) is 13.8 Å². The molecule has 0 aliphatic rings. The molecule has 0 aromatic rings. The van der Waals surface area contributed by atoms with E-state index < -0.39 is 0 Å². The van der Waals surface area contributed by atoms with Crippen LogP contribution in [0.15, 0.2) is 12.2 Å². The van der Waals surface area contributed by atoms with Crippen molar-refractivity contribution in [1.29, 1.82) is 0 Å². The number of rotatable bonds is 5. The summed E-state index contributed by atoms with van der Waals surface area (Å²) in [7, 11) is 0. The zero-order valence-corrected chi connectivity index (χ0v) is 7.21. The van der Waals surface area contributed by atoms with Crippen LogP contribution >= 0.6 is 0 Å². The second-order valence-corrected chi connectivity index (χ2v) is 2.29. The minimum absolute atomic E-state index is 0.378. The fourth-order valence-corrected chi connectivity index (χ4v) is 0.800. The van der Waals surface area contributed by atoms with Crippen molar-refractivity contribution in [2.75, 3.05) is 19.6 Å². The predicted molar refractivity (Wildman–Crippen MR) is 46.1 cm³/mol. The van der Waals surface area contributed by atoms with Crippen LogP contribution in [0.2, 0.25) is 0 Å². The predicted octanol–water partition coefficient (Wildman–Crippen LogP) is 0.370. The fourth-order valence-electron chi connectivity index (χ4n) is 0.800. The molecule has 0 fully saturated rings. The molecule has 0 rings (SSSR count). The van der Waals surface area contributed by atoms with Gasteiger partial charge in [-0.05, 0) is 19.2 Å². The second-order valence-electron chi connectivity index (χ2n) is 2.29. The van der Waals surface area contributed by atoms with Gasteiger partial charge in [-0.3, -0.25) is 4.79 Å². The Morgan fingerprint density at radius 3 is 2.36 bits per heavy atom. The average molecular weight is 156 g/mol. The van der Waals surface area contributed by atoms with Gasteiger partial charge in [0.1, 0.15) is 0 Å². The van der Waals surface area contributed by atoms with Crippen molar-refractivity contribution < 1.29 is 4.79 Å². The maximum atomic E-state index is 10.3. The smallest absolute Gasteiger partial charge is 0.241 e. The SMILES string of the molecule is CCN(CC)C/C=C/C(N)=O. The molecule has 0 aromatic carbocycles. The van der Waals surface area contributed by atoms with Crippen LogP contribution in [0.25, 0.3) is 0 Å². The fraction of sp³-hybridized carbons (Fsp3) is 0.625. The molecule has 3 heteroatoms. The first-order chi connectivity index (χ1) is 5.20. The van der Waals surface area contributed by atoms with Gasteiger partial charge in [0.25, 0.3) is 0 Å². The first kappa shape index (κ1) is 10.2. The molecule has 64 valence electrons. The molecule has 0 saturated heterocycles. The zero-order chi connectivity index (χ0) is 8.69. The molecule has 0 bridgehead atoms. The van der Waals surface area contributed by atoms with Crippen LogP contribution in [0, 0.1) is 0 Å². The third-order valence-electron chi connectivity index (χ3n) is 1.54. The summed E-state index contributed by atoms with van der Waals surface area (Å²) in [4.78, 5) is 12.5. The third kappa shape index (κ3) is 5.61. The lowest BCUT2D eigenvalue weighted by atomic mass is 10.4. The summed E-state index contributed by atoms with van der Waals surface area (Å²) in [6.45, 7) is 6.97. The van der Waals surface area contributed by atoms with Crippen LogP contribution in [-0.2, 0) is 4.79 Å². The van der Waals surface area contributed by atoms with Crippen molar-refractivity contribution in [1.82, 2.24) is 4.90 Å². The van der Waals surface area contributed by atoms with Crippen LogP contribution < -0.4 is 5.73 Å². The van der Waals surface area contributed by atoms with Crippen molar-refractivity contribution in [3.63, 3.8) is 0 Å². The highest BCUT2D eigenvalue weighted by Gasteiger charge is 1.93. The Morgan fingerprint density at radius 2 is 2.00 bits per heavy atom. The van der Waals surface area contributed by atoms with Gasteiger partial charge in [-0.25, -0.2) is 0 Å². The van der Waals surface area contributed by atoms with Crippen LogP contribution in [0.1, 0.15) is 13.8 Å². The first-order valence-corrected chi connectivity index (χ1v) is 3.89. The van der Waals surface area contributed by atoms with Gasteiger partial charge in [-0.15, -0.1) is 0 Å². The lowest BCUT2D eigenvalue weighted by Gasteiger charge is -2.14. The number of carbonyl (C=O) groups excluding carboxylic acids is 1. The van der Waals surface area contributed by atoms with Crippen molar-refractivity contribution in [2.24, 2.45) is 5.73 Å². The van der Waals surface area contributed by atoms with Gasteiger partial charge < -0.3 is 10.6 Å². The van der Waals surface area contributed by atoms with E-state index in [9.17, 15) is 4.79 Å². The molecule has 2 N–H and O–H groups in total. The van der Waals surface area contributed by atoms with E-state index in [1.165, 1.54) is 6.08 Å². The topological polar surface area (TPSA) is 46.3 Å². The second kappa shape index (κ2) is 5.92. The van der Waals surface area contributed by atoms with Crippen molar-refractivity contribution in [3.05, 3.63) is 12.2 Å². The maximum absolute atomic E-state index is 10.3. The number of carbonyl (C=O) groups is 1. The Kier molecular flexibility index (Phi) is 5.47. The molecule has 0 saturated carbocycles. The van der Waals surface area contributed by atoms with Gasteiger partial charge in [0, 0.05) is 6.54 Å². The van der Waals surface area contributed by atoms with Crippen LogP contribution in [0.4, 0.5) is 0 Å². The third-order valence-corrected chi connectivity index (χ3v) is 1.54. The molecular weight excluding hydrogens is 140 g/mol. The highest BCUT2D eigenvalue weighted by atomic mass is 16.1. The van der Waals surface area contributed by atoms with Crippen molar-refractivity contribution >= 4 is 5.91 Å². The Hall–Kier alpha value is -0.830. The van der Waals surface area contributed by atoms with E-state index in [0.717, 1.165) is 19.6 Å². The molecule has 0 spiro atoms. The number of primary amides is 1. The minimum atomic E-state index is -0.378. The Morgan fingerprint density at radius 1 is 1.45 bits per heavy atom. The van der Waals surface area contributed by atoms with Crippen LogP contribution in [0.5, 0.6) is 0 Å². The maximum Gasteiger partial charge on any atom is 0.241 e. The van der Waals surface area contributed by atoms with Crippen LogP contribution in [-0.4, -0.2) is 30.4 Å². The molecule has 0 aliphatic carbocycles. The molecule has 0 aromatic heterocycles. The standard InChI is InChI=1S/C8H16N2O/c1-3-10(4-2)7-5-6-8(9)11/h5-6H,3-4,7H2,1-2H3,(H2,9,11)/b6-5+. The molecular formula is C8H16N2O. The van der Waals surface area contributed by atoms with Gasteiger partial charge in [-0.1, -0.05) is 19.9 Å². The number of amides is 1. The highest BCUT2D eigenvalue weighted by Crippen LogP contribution is 1.86. The normalized spacial score (nSPS) is 11.2. The molecule has 1 amide bonds.